The smallest absolute Gasteiger partial charge is 0.314 e. The molecule has 4 rings (SSSR count). The molecule has 3 aromatic rings. The highest BCUT2D eigenvalue weighted by Gasteiger charge is 2.20. The Morgan fingerprint density at radius 3 is 2.71 bits per heavy atom. The number of aromatic nitrogens is 4. The van der Waals surface area contributed by atoms with Gasteiger partial charge in [-0.25, -0.2) is 4.98 Å². The number of aromatic amines is 1. The minimum Gasteiger partial charge on any atom is -0.347 e. The molecule has 160 valence electrons. The molecule has 0 atom stereocenters. The van der Waals surface area contributed by atoms with Crippen LogP contribution in [0, 0.1) is 6.92 Å². The minimum atomic E-state index is -0.811. The normalized spacial score (nSPS) is 12.8. The number of carbonyl (C=O) groups excluding carboxylic acids is 2. The Kier molecular flexibility index (Phi) is 5.92. The number of nitrogens with one attached hydrogen (secondary N) is 3. The summed E-state index contributed by atoms with van der Waals surface area (Å²) in [4.78, 5) is 44.3. The van der Waals surface area contributed by atoms with Crippen LogP contribution in [0.2, 0.25) is 0 Å². The number of anilines is 1. The number of hydrogen-bond donors (Lipinski definition) is 3. The van der Waals surface area contributed by atoms with Gasteiger partial charge in [-0.1, -0.05) is 30.3 Å². The van der Waals surface area contributed by atoms with Gasteiger partial charge in [-0.15, -0.1) is 0 Å². The van der Waals surface area contributed by atoms with Crippen LogP contribution in [0.4, 0.5) is 5.82 Å². The van der Waals surface area contributed by atoms with Crippen molar-refractivity contribution >= 4 is 17.6 Å². The highest BCUT2D eigenvalue weighted by Crippen LogP contribution is 2.19. The molecule has 1 aliphatic carbocycles. The molecule has 2 amide bonds. The van der Waals surface area contributed by atoms with Gasteiger partial charge in [0, 0.05) is 18.2 Å². The van der Waals surface area contributed by atoms with Crippen LogP contribution < -0.4 is 16.2 Å². The molecule has 2 aromatic heterocycles. The lowest BCUT2D eigenvalue weighted by atomic mass is 9.97. The van der Waals surface area contributed by atoms with Crippen LogP contribution in [0.25, 0.3) is 5.95 Å². The molecular formula is C22H24N6O3. The zero-order valence-corrected chi connectivity index (χ0v) is 17.3. The molecule has 0 saturated heterocycles. The van der Waals surface area contributed by atoms with Gasteiger partial charge < -0.3 is 10.6 Å². The van der Waals surface area contributed by atoms with Crippen molar-refractivity contribution < 1.29 is 9.59 Å². The highest BCUT2D eigenvalue weighted by atomic mass is 16.2. The van der Waals surface area contributed by atoms with Crippen molar-refractivity contribution in [3.8, 4) is 5.95 Å². The third-order valence-electron chi connectivity index (χ3n) is 5.20. The third-order valence-corrected chi connectivity index (χ3v) is 5.20. The van der Waals surface area contributed by atoms with Gasteiger partial charge in [0.2, 0.25) is 5.95 Å². The third kappa shape index (κ3) is 4.71. The molecule has 0 radical (unpaired) electrons. The molecule has 0 bridgehead atoms. The first-order chi connectivity index (χ1) is 15.0. The first-order valence-corrected chi connectivity index (χ1v) is 10.3. The van der Waals surface area contributed by atoms with E-state index in [0.29, 0.717) is 30.6 Å². The predicted molar refractivity (Wildman–Crippen MR) is 115 cm³/mol. The van der Waals surface area contributed by atoms with Gasteiger partial charge >= 0.3 is 11.8 Å². The topological polar surface area (TPSA) is 122 Å². The molecule has 0 saturated carbocycles. The molecule has 31 heavy (non-hydrogen) atoms. The fourth-order valence-electron chi connectivity index (χ4n) is 3.66. The molecule has 9 heteroatoms. The molecule has 9 nitrogen and oxygen atoms in total. The van der Waals surface area contributed by atoms with Gasteiger partial charge in [-0.05, 0) is 44.6 Å². The second-order valence-electron chi connectivity index (χ2n) is 7.55. The lowest BCUT2D eigenvalue weighted by Gasteiger charge is -2.15. The maximum absolute atomic E-state index is 12.5. The standard InChI is InChI=1S/C22H24N6O3/c1-14-13-18(25-21(31)20(30)23-12-11-15-7-3-2-4-8-15)28(27-14)22-24-17-10-6-5-9-16(17)19(29)26-22/h2-4,7-8,13H,5-6,9-12H2,1H3,(H,23,30)(H,25,31)(H,24,26,29). The fourth-order valence-corrected chi connectivity index (χ4v) is 3.66. The van der Waals surface area contributed by atoms with E-state index in [1.165, 1.54) is 4.68 Å². The van der Waals surface area contributed by atoms with E-state index in [2.05, 4.69) is 25.7 Å². The Morgan fingerprint density at radius 2 is 1.90 bits per heavy atom. The van der Waals surface area contributed by atoms with Gasteiger partial charge in [0.15, 0.2) is 0 Å². The molecule has 2 heterocycles. The number of carbonyl (C=O) groups is 2. The van der Waals surface area contributed by atoms with Crippen LogP contribution in [0.15, 0.2) is 41.2 Å². The summed E-state index contributed by atoms with van der Waals surface area (Å²) in [6.45, 7) is 2.09. The summed E-state index contributed by atoms with van der Waals surface area (Å²) >= 11 is 0. The van der Waals surface area contributed by atoms with E-state index in [0.717, 1.165) is 30.5 Å². The van der Waals surface area contributed by atoms with Gasteiger partial charge in [-0.2, -0.15) is 9.78 Å². The van der Waals surface area contributed by atoms with E-state index in [1.54, 1.807) is 13.0 Å². The van der Waals surface area contributed by atoms with Crippen LogP contribution >= 0.6 is 0 Å². The molecule has 0 fully saturated rings. The lowest BCUT2D eigenvalue weighted by Crippen LogP contribution is -2.37. The number of rotatable bonds is 5. The Balaban J connectivity index is 1.46. The number of aryl methyl sites for hydroxylation is 2. The zero-order valence-electron chi connectivity index (χ0n) is 17.3. The van der Waals surface area contributed by atoms with Crippen LogP contribution in [0.1, 0.15) is 35.4 Å². The molecule has 0 unspecified atom stereocenters. The van der Waals surface area contributed by atoms with Crippen LogP contribution in [-0.2, 0) is 28.9 Å². The Hall–Kier alpha value is -3.75. The average Bonchev–Trinajstić information content (AvgIpc) is 3.14. The number of nitrogens with zero attached hydrogens (tertiary/aromatic N) is 3. The zero-order chi connectivity index (χ0) is 21.8. The second-order valence-corrected chi connectivity index (χ2v) is 7.55. The van der Waals surface area contributed by atoms with Crippen molar-refractivity contribution in [3.05, 3.63) is 69.3 Å². The Labute approximate surface area is 178 Å². The summed E-state index contributed by atoms with van der Waals surface area (Å²) in [6.07, 6.45) is 4.02. The first kappa shape index (κ1) is 20.5. The Bertz CT molecular complexity index is 1170. The number of H-pyrrole nitrogens is 1. The van der Waals surface area contributed by atoms with Gasteiger partial charge in [0.05, 0.1) is 11.4 Å². The van der Waals surface area contributed by atoms with Crippen molar-refractivity contribution in [3.63, 3.8) is 0 Å². The molecule has 1 aromatic carbocycles. The number of benzene rings is 1. The number of hydrogen-bond acceptors (Lipinski definition) is 5. The van der Waals surface area contributed by atoms with Crippen LogP contribution in [0.5, 0.6) is 0 Å². The molecule has 1 aliphatic rings. The van der Waals surface area contributed by atoms with Crippen molar-refractivity contribution in [1.29, 1.82) is 0 Å². The minimum absolute atomic E-state index is 0.191. The summed E-state index contributed by atoms with van der Waals surface area (Å²) in [7, 11) is 0. The van der Waals surface area contributed by atoms with Crippen LogP contribution in [0.3, 0.4) is 0 Å². The largest absolute Gasteiger partial charge is 0.347 e. The number of fused-ring (bicyclic) bond motifs is 1. The van der Waals surface area contributed by atoms with Crippen molar-refractivity contribution in [1.82, 2.24) is 25.1 Å². The van der Waals surface area contributed by atoms with E-state index in [-0.39, 0.29) is 17.3 Å². The fraction of sp³-hybridized carbons (Fsp3) is 0.318. The van der Waals surface area contributed by atoms with Gasteiger partial charge in [0.25, 0.3) is 5.56 Å². The van der Waals surface area contributed by atoms with E-state index >= 15 is 0 Å². The summed E-state index contributed by atoms with van der Waals surface area (Å²) in [5, 5.41) is 9.50. The van der Waals surface area contributed by atoms with E-state index in [1.807, 2.05) is 30.3 Å². The van der Waals surface area contributed by atoms with Crippen LogP contribution in [-0.4, -0.2) is 38.1 Å². The summed E-state index contributed by atoms with van der Waals surface area (Å²) in [5.41, 5.74) is 2.96. The van der Waals surface area contributed by atoms with E-state index in [9.17, 15) is 14.4 Å². The van der Waals surface area contributed by atoms with Crippen molar-refractivity contribution in [2.45, 2.75) is 39.0 Å². The summed E-state index contributed by atoms with van der Waals surface area (Å²) in [6, 6.07) is 11.3. The summed E-state index contributed by atoms with van der Waals surface area (Å²) < 4.78 is 1.35. The molecule has 0 spiro atoms. The molecule has 3 N–H and O–H groups in total. The maximum Gasteiger partial charge on any atom is 0.314 e. The number of amides is 2. The van der Waals surface area contributed by atoms with Gasteiger partial charge in [-0.3, -0.25) is 19.4 Å². The van der Waals surface area contributed by atoms with Crippen molar-refractivity contribution in [2.24, 2.45) is 0 Å². The predicted octanol–water partition coefficient (Wildman–Crippen LogP) is 1.44. The monoisotopic (exact) mass is 420 g/mol. The molecular weight excluding hydrogens is 396 g/mol. The average molecular weight is 420 g/mol. The highest BCUT2D eigenvalue weighted by molar-refractivity contribution is 6.39. The van der Waals surface area contributed by atoms with Crippen molar-refractivity contribution in [2.75, 3.05) is 11.9 Å². The second kappa shape index (κ2) is 8.95. The quantitative estimate of drug-likeness (QED) is 0.539. The van der Waals surface area contributed by atoms with Gasteiger partial charge in [0.1, 0.15) is 5.82 Å². The first-order valence-electron chi connectivity index (χ1n) is 10.3. The lowest BCUT2D eigenvalue weighted by molar-refractivity contribution is -0.136. The van der Waals surface area contributed by atoms with E-state index < -0.39 is 11.8 Å². The SMILES string of the molecule is Cc1cc(NC(=O)C(=O)NCCc2ccccc2)n(-c2nc3c(c(=O)[nH]2)CCCC3)n1. The Morgan fingerprint density at radius 1 is 1.13 bits per heavy atom. The van der Waals surface area contributed by atoms with E-state index in [4.69, 9.17) is 0 Å². The molecule has 0 aliphatic heterocycles. The summed E-state index contributed by atoms with van der Waals surface area (Å²) in [5.74, 6) is -1.07. The maximum atomic E-state index is 12.5.